The average Bonchev–Trinajstić information content (AvgIpc) is 2.30. The van der Waals surface area contributed by atoms with Gasteiger partial charge in [0.15, 0.2) is 0 Å². The molecule has 0 amide bonds. The van der Waals surface area contributed by atoms with E-state index in [4.69, 9.17) is 4.99 Å². The molecule has 1 atom stereocenters. The molecular formula is C16H25NSSi. The van der Waals surface area contributed by atoms with Crippen molar-refractivity contribution < 1.29 is 0 Å². The van der Waals surface area contributed by atoms with Crippen LogP contribution in [0.15, 0.2) is 29.3 Å². The van der Waals surface area contributed by atoms with Crippen LogP contribution >= 0.6 is 11.2 Å². The monoisotopic (exact) mass is 291 g/mol. The molecule has 0 spiro atoms. The summed E-state index contributed by atoms with van der Waals surface area (Å²) in [4.78, 5) is 4.86. The Labute approximate surface area is 122 Å². The van der Waals surface area contributed by atoms with Crippen molar-refractivity contribution in [1.29, 1.82) is 0 Å². The quantitative estimate of drug-likeness (QED) is 0.662. The SMILES string of the molecule is Cc1ccc(/N=C2\CCCC(S[Si](C)(C)C)C2)cc1. The Bertz CT molecular complexity index is 445. The fourth-order valence-corrected chi connectivity index (χ4v) is 7.67. The van der Waals surface area contributed by atoms with Gasteiger partial charge >= 0.3 is 0 Å². The Morgan fingerprint density at radius 1 is 1.16 bits per heavy atom. The smallest absolute Gasteiger partial charge is 0.108 e. The molecule has 0 N–H and O–H groups in total. The molecule has 104 valence electrons. The predicted octanol–water partition coefficient (Wildman–Crippen LogP) is 5.58. The highest BCUT2D eigenvalue weighted by Crippen LogP contribution is 2.34. The topological polar surface area (TPSA) is 12.4 Å². The molecular weight excluding hydrogens is 266 g/mol. The lowest BCUT2D eigenvalue weighted by Crippen LogP contribution is -2.25. The molecule has 1 aliphatic rings. The van der Waals surface area contributed by atoms with E-state index < -0.39 is 7.22 Å². The number of nitrogens with zero attached hydrogens (tertiary/aromatic N) is 1. The minimum Gasteiger partial charge on any atom is -0.258 e. The third kappa shape index (κ3) is 5.15. The third-order valence-corrected chi connectivity index (χ3v) is 7.86. The number of aliphatic imine (C=N–C) groups is 1. The largest absolute Gasteiger partial charge is 0.258 e. The number of aryl methyl sites for hydroxylation is 1. The summed E-state index contributed by atoms with van der Waals surface area (Å²) in [7, 11) is -1.01. The number of rotatable bonds is 3. The van der Waals surface area contributed by atoms with Gasteiger partial charge in [-0.1, -0.05) is 37.3 Å². The summed E-state index contributed by atoms with van der Waals surface area (Å²) < 4.78 is 0. The Hall–Kier alpha value is -0.543. The van der Waals surface area contributed by atoms with Crippen molar-refractivity contribution in [2.24, 2.45) is 4.99 Å². The Kier molecular flexibility index (Phi) is 4.90. The zero-order valence-electron chi connectivity index (χ0n) is 12.6. The van der Waals surface area contributed by atoms with Crippen LogP contribution in [0.2, 0.25) is 19.6 Å². The summed E-state index contributed by atoms with van der Waals surface area (Å²) in [6, 6.07) is 8.57. The van der Waals surface area contributed by atoms with Crippen molar-refractivity contribution in [3.05, 3.63) is 29.8 Å². The van der Waals surface area contributed by atoms with Crippen LogP contribution in [0.1, 0.15) is 31.2 Å². The second-order valence-electron chi connectivity index (χ2n) is 6.46. The zero-order chi connectivity index (χ0) is 13.9. The van der Waals surface area contributed by atoms with Crippen molar-refractivity contribution in [2.45, 2.75) is 57.5 Å². The first-order chi connectivity index (χ1) is 8.92. The van der Waals surface area contributed by atoms with E-state index in [9.17, 15) is 0 Å². The highest BCUT2D eigenvalue weighted by molar-refractivity contribution is 8.29. The first-order valence-electron chi connectivity index (χ1n) is 7.23. The van der Waals surface area contributed by atoms with Crippen molar-refractivity contribution >= 4 is 29.8 Å². The highest BCUT2D eigenvalue weighted by atomic mass is 32.4. The number of benzene rings is 1. The Morgan fingerprint density at radius 3 is 2.47 bits per heavy atom. The van der Waals surface area contributed by atoms with E-state index in [-0.39, 0.29) is 0 Å². The first-order valence-corrected chi connectivity index (χ1v) is 12.3. The first kappa shape index (κ1) is 14.9. The third-order valence-electron chi connectivity index (χ3n) is 3.30. The van der Waals surface area contributed by atoms with Crippen molar-refractivity contribution in [3.63, 3.8) is 0 Å². The molecule has 1 fully saturated rings. The fraction of sp³-hybridized carbons (Fsp3) is 0.562. The maximum Gasteiger partial charge on any atom is 0.108 e. The second-order valence-corrected chi connectivity index (χ2v) is 16.0. The summed E-state index contributed by atoms with van der Waals surface area (Å²) >= 11 is 2.25. The van der Waals surface area contributed by atoms with E-state index in [0.29, 0.717) is 0 Å². The molecule has 0 aliphatic heterocycles. The lowest BCUT2D eigenvalue weighted by atomic mass is 9.98. The summed E-state index contributed by atoms with van der Waals surface area (Å²) in [6.07, 6.45) is 5.08. The van der Waals surface area contributed by atoms with Gasteiger partial charge in [-0.25, -0.2) is 0 Å². The van der Waals surface area contributed by atoms with E-state index in [1.54, 1.807) is 0 Å². The summed E-state index contributed by atoms with van der Waals surface area (Å²) in [5.41, 5.74) is 3.84. The molecule has 0 saturated heterocycles. The van der Waals surface area contributed by atoms with Crippen molar-refractivity contribution in [3.8, 4) is 0 Å². The van der Waals surface area contributed by atoms with Crippen molar-refractivity contribution in [1.82, 2.24) is 0 Å². The van der Waals surface area contributed by atoms with Crippen molar-refractivity contribution in [2.75, 3.05) is 0 Å². The molecule has 1 aliphatic carbocycles. The maximum absolute atomic E-state index is 4.86. The maximum atomic E-state index is 4.86. The van der Waals surface area contributed by atoms with Gasteiger partial charge in [0.05, 0.1) is 5.69 Å². The van der Waals surface area contributed by atoms with Gasteiger partial charge in [0.25, 0.3) is 0 Å². The lowest BCUT2D eigenvalue weighted by molar-refractivity contribution is 0.683. The Balaban J connectivity index is 2.02. The van der Waals surface area contributed by atoms with E-state index in [0.717, 1.165) is 10.9 Å². The van der Waals surface area contributed by atoms with Gasteiger partial charge in [0, 0.05) is 11.0 Å². The van der Waals surface area contributed by atoms with E-state index in [1.165, 1.54) is 37.0 Å². The summed E-state index contributed by atoms with van der Waals surface area (Å²) in [5, 5.41) is 0.810. The highest BCUT2D eigenvalue weighted by Gasteiger charge is 2.25. The van der Waals surface area contributed by atoms with E-state index in [1.807, 2.05) is 0 Å². The Morgan fingerprint density at radius 2 is 1.84 bits per heavy atom. The van der Waals surface area contributed by atoms with Crippen LogP contribution in [0.4, 0.5) is 5.69 Å². The minimum atomic E-state index is -1.01. The van der Waals surface area contributed by atoms with Crippen LogP contribution in [0.3, 0.4) is 0 Å². The average molecular weight is 292 g/mol. The molecule has 1 aromatic carbocycles. The molecule has 1 unspecified atom stereocenters. The molecule has 0 heterocycles. The molecule has 0 radical (unpaired) electrons. The number of hydrogen-bond donors (Lipinski definition) is 0. The molecule has 1 nitrogen and oxygen atoms in total. The molecule has 19 heavy (non-hydrogen) atoms. The van der Waals surface area contributed by atoms with Crippen LogP contribution < -0.4 is 0 Å². The molecule has 1 saturated carbocycles. The van der Waals surface area contributed by atoms with Crippen LogP contribution in [0.5, 0.6) is 0 Å². The second kappa shape index (κ2) is 6.27. The van der Waals surface area contributed by atoms with Gasteiger partial charge < -0.3 is 0 Å². The van der Waals surface area contributed by atoms with Crippen LogP contribution in [-0.4, -0.2) is 18.2 Å². The molecule has 3 heteroatoms. The molecule has 0 bridgehead atoms. The van der Waals surface area contributed by atoms with Crippen LogP contribution in [-0.2, 0) is 0 Å². The summed E-state index contributed by atoms with van der Waals surface area (Å²) in [5.74, 6) is 0. The predicted molar refractivity (Wildman–Crippen MR) is 91.5 cm³/mol. The minimum absolute atomic E-state index is 0.810. The fourth-order valence-electron chi connectivity index (χ4n) is 2.50. The lowest BCUT2D eigenvalue weighted by Gasteiger charge is -2.28. The van der Waals surface area contributed by atoms with Gasteiger partial charge in [-0.05, 0) is 44.7 Å². The van der Waals surface area contributed by atoms with E-state index in [2.05, 4.69) is 62.0 Å². The number of hydrogen-bond acceptors (Lipinski definition) is 2. The van der Waals surface area contributed by atoms with Gasteiger partial charge in [-0.3, -0.25) is 4.99 Å². The van der Waals surface area contributed by atoms with Gasteiger partial charge in [-0.2, -0.15) is 11.2 Å². The summed E-state index contributed by atoms with van der Waals surface area (Å²) in [6.45, 7) is 9.47. The van der Waals surface area contributed by atoms with E-state index >= 15 is 0 Å². The molecule has 2 rings (SSSR count). The van der Waals surface area contributed by atoms with Gasteiger partial charge in [0.2, 0.25) is 0 Å². The van der Waals surface area contributed by atoms with Gasteiger partial charge in [0.1, 0.15) is 7.22 Å². The normalized spacial score (nSPS) is 22.7. The zero-order valence-corrected chi connectivity index (χ0v) is 14.4. The molecule has 0 aromatic heterocycles. The van der Waals surface area contributed by atoms with Crippen LogP contribution in [0.25, 0.3) is 0 Å². The van der Waals surface area contributed by atoms with Crippen LogP contribution in [0, 0.1) is 6.92 Å². The van der Waals surface area contributed by atoms with Gasteiger partial charge in [-0.15, -0.1) is 0 Å². The standard InChI is InChI=1S/C16H25NSSi/c1-13-8-10-14(11-9-13)17-15-6-5-7-16(12-15)18-19(2,3)4/h8-11,16H,5-7,12H2,1-4H3/b17-15+. The molecule has 1 aromatic rings.